The van der Waals surface area contributed by atoms with Gasteiger partial charge in [-0.1, -0.05) is 30.7 Å². The number of likely N-dealkylation sites (tertiary alicyclic amines) is 1. The van der Waals surface area contributed by atoms with E-state index in [0.717, 1.165) is 19.0 Å². The van der Waals surface area contributed by atoms with Crippen LogP contribution in [0.15, 0.2) is 18.2 Å². The van der Waals surface area contributed by atoms with Crippen molar-refractivity contribution in [3.05, 3.63) is 34.9 Å². The molecule has 0 saturated carbocycles. The molecule has 2 rings (SSSR count). The van der Waals surface area contributed by atoms with Crippen molar-refractivity contribution >= 4 is 0 Å². The number of hydrogen-bond acceptors (Lipinski definition) is 2. The van der Waals surface area contributed by atoms with E-state index in [1.165, 1.54) is 49.0 Å². The summed E-state index contributed by atoms with van der Waals surface area (Å²) in [4.78, 5) is 2.63. The van der Waals surface area contributed by atoms with Crippen LogP contribution in [0.5, 0.6) is 0 Å². The Balaban J connectivity index is 1.82. The first-order chi connectivity index (χ1) is 10.1. The number of nitrogens with zero attached hydrogens (tertiary/aromatic N) is 1. The molecule has 1 atom stereocenters. The molecule has 0 bridgehead atoms. The lowest BCUT2D eigenvalue weighted by atomic mass is 9.90. The van der Waals surface area contributed by atoms with Crippen molar-refractivity contribution < 1.29 is 0 Å². The van der Waals surface area contributed by atoms with Crippen LogP contribution in [0.2, 0.25) is 0 Å². The van der Waals surface area contributed by atoms with Crippen LogP contribution in [0.3, 0.4) is 0 Å². The molecule has 2 heteroatoms. The zero-order chi connectivity index (χ0) is 15.2. The highest BCUT2D eigenvalue weighted by Gasteiger charge is 2.23. The number of benzene rings is 1. The quantitative estimate of drug-likeness (QED) is 0.854. The Labute approximate surface area is 130 Å². The van der Waals surface area contributed by atoms with Gasteiger partial charge in [-0.2, -0.15) is 0 Å². The summed E-state index contributed by atoms with van der Waals surface area (Å²) in [5.41, 5.74) is 4.31. The van der Waals surface area contributed by atoms with Gasteiger partial charge in [0.2, 0.25) is 0 Å². The van der Waals surface area contributed by atoms with Crippen molar-refractivity contribution in [1.29, 1.82) is 0 Å². The van der Waals surface area contributed by atoms with E-state index in [1.54, 1.807) is 0 Å². The van der Waals surface area contributed by atoms with E-state index in [-0.39, 0.29) is 0 Å². The summed E-state index contributed by atoms with van der Waals surface area (Å²) < 4.78 is 0. The molecule has 118 valence electrons. The van der Waals surface area contributed by atoms with Crippen LogP contribution < -0.4 is 5.32 Å². The molecule has 0 amide bonds. The van der Waals surface area contributed by atoms with Gasteiger partial charge in [0.05, 0.1) is 0 Å². The molecule has 1 heterocycles. The molecule has 1 aromatic carbocycles. The van der Waals surface area contributed by atoms with E-state index in [0.29, 0.717) is 6.04 Å². The fraction of sp³-hybridized carbons (Fsp3) is 0.684. The lowest BCUT2D eigenvalue weighted by Crippen LogP contribution is -2.42. The smallest absolute Gasteiger partial charge is 0.0236 e. The van der Waals surface area contributed by atoms with Crippen molar-refractivity contribution in [1.82, 2.24) is 10.2 Å². The fourth-order valence-corrected chi connectivity index (χ4v) is 3.36. The summed E-state index contributed by atoms with van der Waals surface area (Å²) in [5, 5.41) is 3.66. The van der Waals surface area contributed by atoms with E-state index >= 15 is 0 Å². The molecule has 1 aromatic rings. The molecule has 21 heavy (non-hydrogen) atoms. The molecule has 1 aliphatic heterocycles. The summed E-state index contributed by atoms with van der Waals surface area (Å²) in [7, 11) is 0. The minimum atomic E-state index is 0.674. The van der Waals surface area contributed by atoms with Crippen LogP contribution in [0, 0.1) is 19.8 Å². The molecule has 1 unspecified atom stereocenters. The van der Waals surface area contributed by atoms with E-state index in [9.17, 15) is 0 Å². The average molecular weight is 288 g/mol. The van der Waals surface area contributed by atoms with Crippen LogP contribution in [0.1, 0.15) is 49.8 Å². The molecule has 1 fully saturated rings. The van der Waals surface area contributed by atoms with Crippen LogP contribution in [-0.4, -0.2) is 30.6 Å². The summed E-state index contributed by atoms with van der Waals surface area (Å²) >= 11 is 0. The molecular weight excluding hydrogens is 256 g/mol. The van der Waals surface area contributed by atoms with E-state index in [2.05, 4.69) is 56.1 Å². The van der Waals surface area contributed by atoms with Gasteiger partial charge in [-0.25, -0.2) is 0 Å². The van der Waals surface area contributed by atoms with Gasteiger partial charge < -0.3 is 5.32 Å². The highest BCUT2D eigenvalue weighted by Crippen LogP contribution is 2.23. The summed E-state index contributed by atoms with van der Waals surface area (Å²) in [5.74, 6) is 0.853. The summed E-state index contributed by atoms with van der Waals surface area (Å²) in [6.07, 6.45) is 3.90. The topological polar surface area (TPSA) is 15.3 Å². The van der Waals surface area contributed by atoms with Gasteiger partial charge in [-0.15, -0.1) is 0 Å². The Hall–Kier alpha value is -0.860. The second-order valence-electron chi connectivity index (χ2n) is 6.79. The third kappa shape index (κ3) is 4.82. The number of nitrogens with one attached hydrogen (secondary N) is 1. The van der Waals surface area contributed by atoms with E-state index in [1.807, 2.05) is 0 Å². The monoisotopic (exact) mass is 288 g/mol. The highest BCUT2D eigenvalue weighted by molar-refractivity contribution is 5.30. The number of piperidine rings is 1. The van der Waals surface area contributed by atoms with Crippen LogP contribution in [-0.2, 0) is 6.54 Å². The zero-order valence-electron chi connectivity index (χ0n) is 14.3. The molecule has 0 spiro atoms. The standard InChI is InChI=1S/C19H32N2/c1-5-10-20-17(4)18-8-11-21(12-9-18)14-19-13-15(2)6-7-16(19)3/h6-7,13,17-18,20H,5,8-12,14H2,1-4H3. The van der Waals surface area contributed by atoms with E-state index in [4.69, 9.17) is 0 Å². The minimum absolute atomic E-state index is 0.674. The first-order valence-electron chi connectivity index (χ1n) is 8.62. The predicted molar refractivity (Wildman–Crippen MR) is 91.7 cm³/mol. The lowest BCUT2D eigenvalue weighted by molar-refractivity contribution is 0.156. The molecule has 0 aromatic heterocycles. The summed E-state index contributed by atoms with van der Waals surface area (Å²) in [6.45, 7) is 13.8. The zero-order valence-corrected chi connectivity index (χ0v) is 14.3. The van der Waals surface area contributed by atoms with Crippen LogP contribution in [0.25, 0.3) is 0 Å². The predicted octanol–water partition coefficient (Wildman–Crippen LogP) is 3.90. The number of rotatable bonds is 6. The lowest BCUT2D eigenvalue weighted by Gasteiger charge is -2.35. The number of aryl methyl sites for hydroxylation is 2. The molecule has 0 radical (unpaired) electrons. The van der Waals surface area contributed by atoms with Gasteiger partial charge in [0.1, 0.15) is 0 Å². The van der Waals surface area contributed by atoms with Crippen molar-refractivity contribution in [3.63, 3.8) is 0 Å². The molecule has 2 nitrogen and oxygen atoms in total. The largest absolute Gasteiger partial charge is 0.314 e. The van der Waals surface area contributed by atoms with Crippen LogP contribution in [0.4, 0.5) is 0 Å². The molecule has 1 N–H and O–H groups in total. The molecular formula is C19H32N2. The Morgan fingerprint density at radius 3 is 2.62 bits per heavy atom. The molecule has 1 saturated heterocycles. The Morgan fingerprint density at radius 1 is 1.24 bits per heavy atom. The van der Waals surface area contributed by atoms with Gasteiger partial charge in [-0.05, 0) is 76.7 Å². The third-order valence-corrected chi connectivity index (χ3v) is 4.95. The fourth-order valence-electron chi connectivity index (χ4n) is 3.36. The molecule has 1 aliphatic rings. The molecule has 0 aliphatic carbocycles. The Morgan fingerprint density at radius 2 is 1.95 bits per heavy atom. The highest BCUT2D eigenvalue weighted by atomic mass is 15.1. The van der Waals surface area contributed by atoms with Gasteiger partial charge in [0, 0.05) is 12.6 Å². The third-order valence-electron chi connectivity index (χ3n) is 4.95. The maximum atomic E-state index is 3.66. The number of hydrogen-bond donors (Lipinski definition) is 1. The van der Waals surface area contributed by atoms with Gasteiger partial charge in [-0.3, -0.25) is 4.90 Å². The van der Waals surface area contributed by atoms with Crippen molar-refractivity contribution in [2.24, 2.45) is 5.92 Å². The first kappa shape index (κ1) is 16.5. The van der Waals surface area contributed by atoms with E-state index < -0.39 is 0 Å². The van der Waals surface area contributed by atoms with Crippen LogP contribution >= 0.6 is 0 Å². The van der Waals surface area contributed by atoms with Crippen molar-refractivity contribution in [2.75, 3.05) is 19.6 Å². The normalized spacial score (nSPS) is 18.9. The average Bonchev–Trinajstić information content (AvgIpc) is 2.49. The van der Waals surface area contributed by atoms with Crippen molar-refractivity contribution in [3.8, 4) is 0 Å². The van der Waals surface area contributed by atoms with Gasteiger partial charge in [0.15, 0.2) is 0 Å². The Bertz CT molecular complexity index is 433. The maximum absolute atomic E-state index is 3.66. The first-order valence-corrected chi connectivity index (χ1v) is 8.62. The second-order valence-corrected chi connectivity index (χ2v) is 6.79. The van der Waals surface area contributed by atoms with Crippen molar-refractivity contribution in [2.45, 2.75) is 59.5 Å². The van der Waals surface area contributed by atoms with Gasteiger partial charge >= 0.3 is 0 Å². The second kappa shape index (κ2) is 7.95. The maximum Gasteiger partial charge on any atom is 0.0236 e. The SMILES string of the molecule is CCCNC(C)C1CCN(Cc2cc(C)ccc2C)CC1. The minimum Gasteiger partial charge on any atom is -0.314 e. The summed E-state index contributed by atoms with van der Waals surface area (Å²) in [6, 6.07) is 7.50. The Kier molecular flexibility index (Phi) is 6.25. The van der Waals surface area contributed by atoms with Gasteiger partial charge in [0.25, 0.3) is 0 Å².